The number of rotatable bonds is 11. The molecule has 0 amide bonds. The molecule has 214 valence electrons. The fraction of sp³-hybridized carbons (Fsp3) is 0.364. The van der Waals surface area contributed by atoms with Gasteiger partial charge in [-0.2, -0.15) is 8.42 Å². The van der Waals surface area contributed by atoms with Crippen molar-refractivity contribution < 1.29 is 29.8 Å². The van der Waals surface area contributed by atoms with Crippen LogP contribution < -0.4 is 9.44 Å². The normalized spacial score (nSPS) is 12.5. The van der Waals surface area contributed by atoms with E-state index in [1.54, 1.807) is 18.2 Å². The fourth-order valence-corrected chi connectivity index (χ4v) is 6.24. The van der Waals surface area contributed by atoms with Crippen LogP contribution >= 0.6 is 12.2 Å². The zero-order chi connectivity index (χ0) is 28.8. The summed E-state index contributed by atoms with van der Waals surface area (Å²) in [5, 5.41) is -0.619. The molecule has 0 aliphatic heterocycles. The smallest absolute Gasteiger partial charge is 0.328 e. The van der Waals surface area contributed by atoms with Crippen molar-refractivity contribution in [1.82, 2.24) is 29.4 Å². The Bertz CT molecular complexity index is 1820. The fourth-order valence-electron chi connectivity index (χ4n) is 3.37. The van der Waals surface area contributed by atoms with Crippen LogP contribution in [0.1, 0.15) is 39.5 Å². The summed E-state index contributed by atoms with van der Waals surface area (Å²) in [4.78, 5) is 12.1. The van der Waals surface area contributed by atoms with E-state index >= 15 is 0 Å². The number of sulfonamides is 2. The van der Waals surface area contributed by atoms with E-state index in [0.29, 0.717) is 23.4 Å². The molecule has 39 heavy (non-hydrogen) atoms. The van der Waals surface area contributed by atoms with Crippen LogP contribution in [0, 0.1) is 4.77 Å². The van der Waals surface area contributed by atoms with Gasteiger partial charge in [-0.25, -0.2) is 31.3 Å². The number of aromatic amines is 3. The Balaban J connectivity index is 0.000000218. The molecule has 13 nitrogen and oxygen atoms in total. The van der Waals surface area contributed by atoms with Crippen molar-refractivity contribution in [2.24, 2.45) is 0 Å². The minimum atomic E-state index is -4.46. The summed E-state index contributed by atoms with van der Waals surface area (Å²) < 4.78 is 84.5. The van der Waals surface area contributed by atoms with Crippen molar-refractivity contribution in [3.05, 3.63) is 41.2 Å². The van der Waals surface area contributed by atoms with Gasteiger partial charge >= 0.3 is 10.1 Å². The molecule has 0 saturated carbocycles. The number of fused-ring (bicyclic) bond motifs is 2. The zero-order valence-electron chi connectivity index (χ0n) is 21.2. The number of imidazole rings is 2. The van der Waals surface area contributed by atoms with Gasteiger partial charge in [0.2, 0.25) is 20.0 Å². The van der Waals surface area contributed by atoms with E-state index in [1.165, 1.54) is 18.2 Å². The van der Waals surface area contributed by atoms with Crippen molar-refractivity contribution in [3.8, 4) is 0 Å². The van der Waals surface area contributed by atoms with E-state index < -0.39 is 35.3 Å². The second kappa shape index (κ2) is 12.7. The first-order valence-electron chi connectivity index (χ1n) is 12.0. The predicted octanol–water partition coefficient (Wildman–Crippen LogP) is 3.19. The monoisotopic (exact) mass is 618 g/mol. The second-order valence-corrected chi connectivity index (χ2v) is 13.8. The van der Waals surface area contributed by atoms with Gasteiger partial charge in [-0.15, -0.1) is 0 Å². The number of benzene rings is 2. The summed E-state index contributed by atoms with van der Waals surface area (Å²) >= 11 is 4.96. The van der Waals surface area contributed by atoms with Crippen LogP contribution in [0.2, 0.25) is 0 Å². The molecule has 0 bridgehead atoms. The van der Waals surface area contributed by atoms with Gasteiger partial charge < -0.3 is 15.0 Å². The number of unbranched alkanes of at least 4 members (excludes halogenated alkanes) is 2. The summed E-state index contributed by atoms with van der Waals surface area (Å²) in [5.74, 6) is 0. The molecule has 2 heterocycles. The highest BCUT2D eigenvalue weighted by Gasteiger charge is 2.18. The first-order valence-corrected chi connectivity index (χ1v) is 16.8. The third-order valence-corrected chi connectivity index (χ3v) is 9.23. The van der Waals surface area contributed by atoms with Gasteiger partial charge in [-0.3, -0.25) is 4.55 Å². The minimum Gasteiger partial charge on any atom is -0.331 e. The van der Waals surface area contributed by atoms with Crippen LogP contribution in [0.3, 0.4) is 0 Å². The first kappa shape index (κ1) is 30.9. The van der Waals surface area contributed by atoms with Gasteiger partial charge in [0, 0.05) is 13.1 Å². The number of H-pyrrole nitrogens is 3. The van der Waals surface area contributed by atoms with Gasteiger partial charge in [0.05, 0.1) is 31.9 Å². The van der Waals surface area contributed by atoms with E-state index in [2.05, 4.69) is 29.4 Å². The van der Waals surface area contributed by atoms with Crippen LogP contribution in [0.5, 0.6) is 0 Å². The standard InChI is InChI=1S/C11H15N3O5S2.C11H15N3O2S2/c1-2-3-6-12-20(15,16)8-4-5-9-10(7-8)14-11(13-9)21(17,18)19;1-2-3-6-12-18(15,16)8-4-5-9-10(7-8)14-11(17)13-9/h4-5,7,12H,2-3,6H2,1H3,(H,13,14)(H,17,18,19);4-5,7,12H,2-3,6H2,1H3,(H2,13,14,17). The highest BCUT2D eigenvalue weighted by atomic mass is 32.2. The summed E-state index contributed by atoms with van der Waals surface area (Å²) in [5.41, 5.74) is 1.95. The Labute approximate surface area is 231 Å². The maximum absolute atomic E-state index is 12.0. The number of nitrogens with one attached hydrogen (secondary N) is 5. The largest absolute Gasteiger partial charge is 0.331 e. The summed E-state index contributed by atoms with van der Waals surface area (Å²) in [6.45, 7) is 4.75. The van der Waals surface area contributed by atoms with Crippen molar-refractivity contribution >= 4 is 64.4 Å². The Morgan fingerprint density at radius 3 is 1.82 bits per heavy atom. The highest BCUT2D eigenvalue weighted by molar-refractivity contribution is 7.89. The predicted molar refractivity (Wildman–Crippen MR) is 150 cm³/mol. The van der Waals surface area contributed by atoms with E-state index in [0.717, 1.165) is 31.2 Å². The number of aromatic nitrogens is 4. The third kappa shape index (κ3) is 8.17. The van der Waals surface area contributed by atoms with Crippen molar-refractivity contribution in [3.63, 3.8) is 0 Å². The Morgan fingerprint density at radius 2 is 1.28 bits per heavy atom. The summed E-state index contributed by atoms with van der Waals surface area (Å²) in [6.07, 6.45) is 3.36. The molecule has 0 spiro atoms. The van der Waals surface area contributed by atoms with Crippen LogP contribution in [-0.2, 0) is 30.2 Å². The lowest BCUT2D eigenvalue weighted by atomic mass is 10.3. The van der Waals surface area contributed by atoms with Gasteiger partial charge in [0.25, 0.3) is 5.16 Å². The molecule has 6 N–H and O–H groups in total. The molecule has 17 heteroatoms. The lowest BCUT2D eigenvalue weighted by molar-refractivity contribution is 0.476. The Morgan fingerprint density at radius 1 is 0.769 bits per heavy atom. The average Bonchev–Trinajstić information content (AvgIpc) is 3.46. The first-order chi connectivity index (χ1) is 18.3. The number of hydrogen-bond donors (Lipinski definition) is 6. The van der Waals surface area contributed by atoms with Crippen LogP contribution in [0.4, 0.5) is 0 Å². The SMILES string of the molecule is CCCCNS(=O)(=O)c1ccc2[nH]c(=S)[nH]c2c1.CCCCNS(=O)(=O)c1ccc2nc(S(=O)(=O)O)[nH]c2c1. The molecule has 0 fully saturated rings. The third-order valence-electron chi connectivity index (χ3n) is 5.43. The molecule has 0 aliphatic carbocycles. The highest BCUT2D eigenvalue weighted by Crippen LogP contribution is 2.19. The molecular weight excluding hydrogens is 589 g/mol. The number of hydrogen-bond acceptors (Lipinski definition) is 8. The van der Waals surface area contributed by atoms with Crippen molar-refractivity contribution in [1.29, 1.82) is 0 Å². The van der Waals surface area contributed by atoms with Crippen LogP contribution in [0.15, 0.2) is 51.3 Å². The molecule has 4 aromatic rings. The number of nitrogens with zero attached hydrogens (tertiary/aromatic N) is 1. The summed E-state index contributed by atoms with van der Waals surface area (Å²) in [7, 11) is -11.6. The average molecular weight is 619 g/mol. The molecule has 2 aromatic carbocycles. The molecule has 0 unspecified atom stereocenters. The van der Waals surface area contributed by atoms with E-state index in [4.69, 9.17) is 16.8 Å². The maximum atomic E-state index is 12.0. The van der Waals surface area contributed by atoms with Gasteiger partial charge in [0.1, 0.15) is 0 Å². The van der Waals surface area contributed by atoms with E-state index in [-0.39, 0.29) is 20.8 Å². The summed E-state index contributed by atoms with van der Waals surface area (Å²) in [6, 6.07) is 8.81. The molecule has 2 aromatic heterocycles. The van der Waals surface area contributed by atoms with Crippen LogP contribution in [0.25, 0.3) is 22.1 Å². The molecule has 0 atom stereocenters. The minimum absolute atomic E-state index is 0.00311. The quantitative estimate of drug-likeness (QED) is 0.0827. The second-order valence-electron chi connectivity index (χ2n) is 8.49. The topological polar surface area (TPSA) is 207 Å². The van der Waals surface area contributed by atoms with Gasteiger partial charge in [0.15, 0.2) is 4.77 Å². The van der Waals surface area contributed by atoms with Gasteiger partial charge in [-0.05, 0) is 61.5 Å². The molecule has 0 radical (unpaired) electrons. The molecule has 4 rings (SSSR count). The van der Waals surface area contributed by atoms with Crippen molar-refractivity contribution in [2.75, 3.05) is 13.1 Å². The lowest BCUT2D eigenvalue weighted by Gasteiger charge is -2.05. The van der Waals surface area contributed by atoms with E-state index in [9.17, 15) is 25.3 Å². The molecular formula is C22H30N6O7S4. The maximum Gasteiger partial charge on any atom is 0.328 e. The molecule has 0 aliphatic rings. The Kier molecular flexibility index (Phi) is 10.0. The molecule has 0 saturated heterocycles. The Hall–Kier alpha value is -2.67. The van der Waals surface area contributed by atoms with Crippen LogP contribution in [-0.4, -0.2) is 62.8 Å². The van der Waals surface area contributed by atoms with Gasteiger partial charge in [-0.1, -0.05) is 26.7 Å². The van der Waals surface area contributed by atoms with E-state index in [1.807, 2.05) is 13.8 Å². The zero-order valence-corrected chi connectivity index (χ0v) is 24.4. The lowest BCUT2D eigenvalue weighted by Crippen LogP contribution is -2.24. The van der Waals surface area contributed by atoms with Crippen molar-refractivity contribution in [2.45, 2.75) is 54.5 Å².